The Hall–Kier alpha value is -1.31. The quantitative estimate of drug-likeness (QED) is 0.831. The fourth-order valence-electron chi connectivity index (χ4n) is 2.36. The first-order valence-electron chi connectivity index (χ1n) is 6.82. The first-order valence-corrected chi connectivity index (χ1v) is 8.26. The van der Waals surface area contributed by atoms with Crippen LogP contribution in [0.1, 0.15) is 6.92 Å². The number of ether oxygens (including phenoxy) is 2. The molecule has 1 saturated heterocycles. The molecule has 0 radical (unpaired) electrons. The third-order valence-electron chi connectivity index (χ3n) is 3.91. The molecule has 0 spiro atoms. The van der Waals surface area contributed by atoms with Crippen LogP contribution in [0.25, 0.3) is 0 Å². The minimum atomic E-state index is -3.56. The molecular formula is C14H22N2O4S. The van der Waals surface area contributed by atoms with Crippen LogP contribution in [0, 0.1) is 0 Å². The zero-order valence-corrected chi connectivity index (χ0v) is 13.7. The summed E-state index contributed by atoms with van der Waals surface area (Å²) in [5.41, 5.74) is 0. The molecule has 6 nitrogen and oxygen atoms in total. The van der Waals surface area contributed by atoms with Gasteiger partial charge >= 0.3 is 0 Å². The van der Waals surface area contributed by atoms with Crippen LogP contribution >= 0.6 is 0 Å². The Morgan fingerprint density at radius 2 is 1.90 bits per heavy atom. The van der Waals surface area contributed by atoms with E-state index in [-0.39, 0.29) is 10.9 Å². The Morgan fingerprint density at radius 3 is 2.48 bits per heavy atom. The number of hydrogen-bond donors (Lipinski definition) is 0. The van der Waals surface area contributed by atoms with Crippen molar-refractivity contribution in [1.82, 2.24) is 9.21 Å². The van der Waals surface area contributed by atoms with Gasteiger partial charge in [0.2, 0.25) is 10.0 Å². The molecule has 0 aliphatic carbocycles. The molecule has 0 bridgehead atoms. The monoisotopic (exact) mass is 314 g/mol. The predicted molar refractivity (Wildman–Crippen MR) is 80.4 cm³/mol. The van der Waals surface area contributed by atoms with Gasteiger partial charge in [-0.2, -0.15) is 4.31 Å². The molecule has 21 heavy (non-hydrogen) atoms. The molecule has 7 heteroatoms. The van der Waals surface area contributed by atoms with Crippen LogP contribution in [0.3, 0.4) is 0 Å². The first-order chi connectivity index (χ1) is 9.90. The number of hydrogen-bond acceptors (Lipinski definition) is 5. The fourth-order valence-corrected chi connectivity index (χ4v) is 4.01. The van der Waals surface area contributed by atoms with Gasteiger partial charge in [-0.05, 0) is 26.1 Å². The van der Waals surface area contributed by atoms with Crippen LogP contribution in [-0.2, 0) is 10.0 Å². The molecule has 0 saturated carbocycles. The van der Waals surface area contributed by atoms with Gasteiger partial charge in [0.05, 0.1) is 14.2 Å². The van der Waals surface area contributed by atoms with E-state index in [9.17, 15) is 8.42 Å². The summed E-state index contributed by atoms with van der Waals surface area (Å²) in [5, 5.41) is 0. The minimum absolute atomic E-state index is 0.183. The van der Waals surface area contributed by atoms with Gasteiger partial charge < -0.3 is 14.4 Å². The van der Waals surface area contributed by atoms with Crippen molar-refractivity contribution in [2.45, 2.75) is 17.9 Å². The Kier molecular flexibility index (Phi) is 4.75. The normalized spacial score (nSPS) is 21.2. The van der Waals surface area contributed by atoms with E-state index in [1.54, 1.807) is 12.1 Å². The van der Waals surface area contributed by atoms with Crippen LogP contribution < -0.4 is 9.47 Å². The molecule has 1 unspecified atom stereocenters. The highest BCUT2D eigenvalue weighted by molar-refractivity contribution is 7.89. The van der Waals surface area contributed by atoms with Crippen LogP contribution in [0.4, 0.5) is 0 Å². The Bertz CT molecular complexity index is 603. The van der Waals surface area contributed by atoms with Gasteiger partial charge in [-0.25, -0.2) is 8.42 Å². The summed E-state index contributed by atoms with van der Waals surface area (Å²) in [7, 11) is 1.43. The average molecular weight is 314 g/mol. The van der Waals surface area contributed by atoms with Crippen molar-refractivity contribution in [2.24, 2.45) is 0 Å². The zero-order valence-electron chi connectivity index (χ0n) is 12.9. The van der Waals surface area contributed by atoms with Gasteiger partial charge in [-0.3, -0.25) is 0 Å². The van der Waals surface area contributed by atoms with Crippen molar-refractivity contribution in [2.75, 3.05) is 40.9 Å². The molecule has 0 amide bonds. The van der Waals surface area contributed by atoms with E-state index < -0.39 is 10.0 Å². The maximum absolute atomic E-state index is 12.8. The van der Waals surface area contributed by atoms with Crippen LogP contribution in [-0.4, -0.2) is 64.6 Å². The number of sulfonamides is 1. The third-order valence-corrected chi connectivity index (χ3v) is 5.82. The molecule has 1 fully saturated rings. The Labute approximate surface area is 126 Å². The SMILES string of the molecule is COc1ccc(S(=O)(=O)N2CCN(C)C(C)C2)c(OC)c1. The lowest BCUT2D eigenvalue weighted by Crippen LogP contribution is -2.51. The summed E-state index contributed by atoms with van der Waals surface area (Å²) in [5.74, 6) is 0.874. The summed E-state index contributed by atoms with van der Waals surface area (Å²) in [6, 6.07) is 4.95. The molecule has 2 rings (SSSR count). The highest BCUT2D eigenvalue weighted by Crippen LogP contribution is 2.31. The smallest absolute Gasteiger partial charge is 0.246 e. The molecule has 1 aromatic rings. The second-order valence-electron chi connectivity index (χ2n) is 5.21. The van der Waals surface area contributed by atoms with E-state index in [1.807, 2.05) is 14.0 Å². The van der Waals surface area contributed by atoms with Crippen molar-refractivity contribution < 1.29 is 17.9 Å². The van der Waals surface area contributed by atoms with E-state index in [0.29, 0.717) is 24.6 Å². The Morgan fingerprint density at radius 1 is 1.19 bits per heavy atom. The van der Waals surface area contributed by atoms with Crippen molar-refractivity contribution >= 4 is 10.0 Å². The number of likely N-dealkylation sites (N-methyl/N-ethyl adjacent to an activating group) is 1. The lowest BCUT2D eigenvalue weighted by molar-refractivity contribution is 0.159. The van der Waals surface area contributed by atoms with Gasteiger partial charge in [-0.1, -0.05) is 0 Å². The standard InChI is InChI=1S/C14H22N2O4S/c1-11-10-16(8-7-15(11)2)21(17,18)14-6-5-12(19-3)9-13(14)20-4/h5-6,9,11H,7-8,10H2,1-4H3. The zero-order chi connectivity index (χ0) is 15.6. The highest BCUT2D eigenvalue weighted by Gasteiger charge is 2.32. The van der Waals surface area contributed by atoms with Gasteiger partial charge in [-0.15, -0.1) is 0 Å². The van der Waals surface area contributed by atoms with E-state index in [0.717, 1.165) is 6.54 Å². The summed E-state index contributed by atoms with van der Waals surface area (Å²) < 4.78 is 37.4. The van der Waals surface area contributed by atoms with Crippen molar-refractivity contribution in [3.8, 4) is 11.5 Å². The van der Waals surface area contributed by atoms with Crippen LogP contribution in [0.5, 0.6) is 11.5 Å². The minimum Gasteiger partial charge on any atom is -0.497 e. The first kappa shape index (κ1) is 16.1. The molecule has 1 heterocycles. The molecule has 118 valence electrons. The largest absolute Gasteiger partial charge is 0.497 e. The maximum Gasteiger partial charge on any atom is 0.246 e. The Balaban J connectivity index is 2.35. The van der Waals surface area contributed by atoms with E-state index in [4.69, 9.17) is 9.47 Å². The molecular weight excluding hydrogens is 292 g/mol. The summed E-state index contributed by atoms with van der Waals surface area (Å²) >= 11 is 0. The van der Waals surface area contributed by atoms with Crippen molar-refractivity contribution in [1.29, 1.82) is 0 Å². The molecule has 0 N–H and O–H groups in total. The van der Waals surface area contributed by atoms with E-state index in [1.165, 1.54) is 24.6 Å². The molecule has 1 aromatic carbocycles. The highest BCUT2D eigenvalue weighted by atomic mass is 32.2. The summed E-state index contributed by atoms with van der Waals surface area (Å²) in [4.78, 5) is 2.33. The number of rotatable bonds is 4. The molecule has 0 aromatic heterocycles. The van der Waals surface area contributed by atoms with Crippen LogP contribution in [0.15, 0.2) is 23.1 Å². The lowest BCUT2D eigenvalue weighted by atomic mass is 10.2. The molecule has 1 atom stereocenters. The number of piperazine rings is 1. The predicted octanol–water partition coefficient (Wildman–Crippen LogP) is 1.03. The average Bonchev–Trinajstić information content (AvgIpc) is 2.49. The number of nitrogens with zero attached hydrogens (tertiary/aromatic N) is 2. The van der Waals surface area contributed by atoms with Crippen molar-refractivity contribution in [3.05, 3.63) is 18.2 Å². The summed E-state index contributed by atoms with van der Waals surface area (Å²) in [6.07, 6.45) is 0. The van der Waals surface area contributed by atoms with Gasteiger partial charge in [0, 0.05) is 31.7 Å². The molecule has 1 aliphatic rings. The van der Waals surface area contributed by atoms with Crippen LogP contribution in [0.2, 0.25) is 0 Å². The second kappa shape index (κ2) is 6.21. The number of benzene rings is 1. The van der Waals surface area contributed by atoms with E-state index in [2.05, 4.69) is 4.90 Å². The summed E-state index contributed by atoms with van der Waals surface area (Å²) in [6.45, 7) is 3.71. The second-order valence-corrected chi connectivity index (χ2v) is 7.12. The van der Waals surface area contributed by atoms with Crippen molar-refractivity contribution in [3.63, 3.8) is 0 Å². The third kappa shape index (κ3) is 3.14. The van der Waals surface area contributed by atoms with Gasteiger partial charge in [0.25, 0.3) is 0 Å². The fraction of sp³-hybridized carbons (Fsp3) is 0.571. The van der Waals surface area contributed by atoms with E-state index >= 15 is 0 Å². The molecule has 1 aliphatic heterocycles. The lowest BCUT2D eigenvalue weighted by Gasteiger charge is -2.36. The van der Waals surface area contributed by atoms with Gasteiger partial charge in [0.15, 0.2) is 0 Å². The topological polar surface area (TPSA) is 59.1 Å². The maximum atomic E-state index is 12.8. The number of methoxy groups -OCH3 is 2. The van der Waals surface area contributed by atoms with Gasteiger partial charge in [0.1, 0.15) is 16.4 Å².